The summed E-state index contributed by atoms with van der Waals surface area (Å²) in [6, 6.07) is 63.5. The van der Waals surface area contributed by atoms with E-state index in [1.807, 2.05) is 0 Å². The van der Waals surface area contributed by atoms with Gasteiger partial charge in [-0.3, -0.25) is 0 Å². The van der Waals surface area contributed by atoms with Gasteiger partial charge in [-0.05, 0) is 109 Å². The molecular weight excluding hydrogens is 655 g/mol. The lowest BCUT2D eigenvalue weighted by atomic mass is 9.89. The van der Waals surface area contributed by atoms with Gasteiger partial charge in [-0.25, -0.2) is 9.98 Å². The first-order valence-electron chi connectivity index (χ1n) is 18.6. The highest BCUT2D eigenvalue weighted by Crippen LogP contribution is 2.38. The van der Waals surface area contributed by atoms with Crippen LogP contribution < -0.4 is 5.32 Å². The monoisotopic (exact) mass is 691 g/mol. The highest BCUT2D eigenvalue weighted by Gasteiger charge is 2.24. The Morgan fingerprint density at radius 3 is 1.48 bits per heavy atom. The van der Waals surface area contributed by atoms with Crippen molar-refractivity contribution in [3.8, 4) is 22.3 Å². The number of rotatable bonds is 5. The van der Waals surface area contributed by atoms with Gasteiger partial charge in [-0.2, -0.15) is 0 Å². The molecule has 1 heterocycles. The molecule has 3 nitrogen and oxygen atoms in total. The molecular formula is C51H37N3. The van der Waals surface area contributed by atoms with Crippen molar-refractivity contribution in [1.29, 1.82) is 0 Å². The molecule has 1 N–H and O–H groups in total. The van der Waals surface area contributed by atoms with Crippen LogP contribution in [0.15, 0.2) is 186 Å². The molecule has 0 saturated heterocycles. The third kappa shape index (κ3) is 5.62. The van der Waals surface area contributed by atoms with E-state index in [1.165, 1.54) is 54.6 Å². The Hall–Kier alpha value is -6.84. The van der Waals surface area contributed by atoms with E-state index in [9.17, 15) is 0 Å². The molecule has 0 spiro atoms. The zero-order chi connectivity index (χ0) is 36.2. The van der Waals surface area contributed by atoms with Crippen LogP contribution in [0, 0.1) is 13.8 Å². The van der Waals surface area contributed by atoms with Crippen LogP contribution in [0.3, 0.4) is 0 Å². The number of aliphatic imine (C=N–C) groups is 2. The van der Waals surface area contributed by atoms with E-state index in [-0.39, 0.29) is 6.17 Å². The van der Waals surface area contributed by atoms with Crippen LogP contribution in [0.25, 0.3) is 65.3 Å². The van der Waals surface area contributed by atoms with E-state index in [2.05, 4.69) is 195 Å². The van der Waals surface area contributed by atoms with Crippen LogP contribution in [-0.2, 0) is 0 Å². The van der Waals surface area contributed by atoms with Crippen molar-refractivity contribution in [1.82, 2.24) is 5.32 Å². The number of fused-ring (bicyclic) bond motifs is 4. The Morgan fingerprint density at radius 1 is 0.407 bits per heavy atom. The summed E-state index contributed by atoms with van der Waals surface area (Å²) in [5.74, 6) is 1.51. The molecule has 9 aromatic rings. The largest absolute Gasteiger partial charge is 0.344 e. The van der Waals surface area contributed by atoms with Crippen molar-refractivity contribution >= 4 is 54.8 Å². The van der Waals surface area contributed by atoms with Gasteiger partial charge in [0.25, 0.3) is 0 Å². The molecule has 1 atom stereocenters. The molecule has 1 aliphatic rings. The van der Waals surface area contributed by atoms with Gasteiger partial charge in [0.2, 0.25) is 0 Å². The van der Waals surface area contributed by atoms with Crippen molar-refractivity contribution in [2.75, 3.05) is 0 Å². The second-order valence-corrected chi connectivity index (χ2v) is 14.4. The van der Waals surface area contributed by atoms with Gasteiger partial charge >= 0.3 is 0 Å². The number of aryl methyl sites for hydroxylation is 2. The number of benzene rings is 9. The fourth-order valence-electron chi connectivity index (χ4n) is 8.26. The minimum atomic E-state index is -0.357. The van der Waals surface area contributed by atoms with Crippen molar-refractivity contribution in [2.24, 2.45) is 9.98 Å². The van der Waals surface area contributed by atoms with Gasteiger partial charge in [0, 0.05) is 16.7 Å². The van der Waals surface area contributed by atoms with E-state index < -0.39 is 0 Å². The topological polar surface area (TPSA) is 36.8 Å². The zero-order valence-corrected chi connectivity index (χ0v) is 30.2. The molecule has 0 radical (unpaired) electrons. The van der Waals surface area contributed by atoms with Crippen LogP contribution >= 0.6 is 0 Å². The lowest BCUT2D eigenvalue weighted by molar-refractivity contribution is 0.680. The molecule has 3 heteroatoms. The van der Waals surface area contributed by atoms with Crippen LogP contribution in [-0.4, -0.2) is 11.7 Å². The molecule has 54 heavy (non-hydrogen) atoms. The molecule has 0 aliphatic carbocycles. The maximum Gasteiger partial charge on any atom is 0.160 e. The summed E-state index contributed by atoms with van der Waals surface area (Å²) in [7, 11) is 0. The molecule has 9 aromatic carbocycles. The molecule has 1 unspecified atom stereocenters. The quantitative estimate of drug-likeness (QED) is 0.192. The average Bonchev–Trinajstić information content (AvgIpc) is 3.22. The summed E-state index contributed by atoms with van der Waals surface area (Å²) in [5.41, 5.74) is 10.3. The Balaban J connectivity index is 1.24. The molecule has 0 bridgehead atoms. The van der Waals surface area contributed by atoms with Gasteiger partial charge < -0.3 is 5.32 Å². The van der Waals surface area contributed by atoms with Gasteiger partial charge in [-0.1, -0.05) is 158 Å². The third-order valence-corrected chi connectivity index (χ3v) is 10.7. The first-order valence-corrected chi connectivity index (χ1v) is 18.6. The number of nitrogens with one attached hydrogen (secondary N) is 1. The first kappa shape index (κ1) is 31.9. The number of amidine groups is 2. The summed E-state index contributed by atoms with van der Waals surface area (Å²) in [6.07, 6.45) is -0.357. The maximum absolute atomic E-state index is 5.41. The molecule has 10 rings (SSSR count). The van der Waals surface area contributed by atoms with Crippen LogP contribution in [0.4, 0.5) is 0 Å². The predicted octanol–water partition coefficient (Wildman–Crippen LogP) is 12.7. The van der Waals surface area contributed by atoms with Gasteiger partial charge in [-0.15, -0.1) is 0 Å². The fraction of sp³-hybridized carbons (Fsp3) is 0.0588. The summed E-state index contributed by atoms with van der Waals surface area (Å²) >= 11 is 0. The SMILES string of the molecule is Cc1cc(-c2cc(C3=NC(c4cccc5ccccc45)=NC(c4cccc5ccccc45)N3)cc(-c3cc(C)cc4ccccc34)c2)c2ccccc2c1. The highest BCUT2D eigenvalue weighted by molar-refractivity contribution is 6.18. The van der Waals surface area contributed by atoms with E-state index in [0.717, 1.165) is 44.4 Å². The Labute approximate surface area is 315 Å². The first-order chi connectivity index (χ1) is 26.6. The lowest BCUT2D eigenvalue weighted by Crippen LogP contribution is -2.33. The summed E-state index contributed by atoms with van der Waals surface area (Å²) in [4.78, 5) is 10.8. The summed E-state index contributed by atoms with van der Waals surface area (Å²) < 4.78 is 0. The molecule has 256 valence electrons. The summed E-state index contributed by atoms with van der Waals surface area (Å²) in [5, 5.41) is 13.4. The minimum Gasteiger partial charge on any atom is -0.344 e. The molecule has 0 fully saturated rings. The second-order valence-electron chi connectivity index (χ2n) is 14.4. The maximum atomic E-state index is 5.41. The van der Waals surface area contributed by atoms with Crippen molar-refractivity contribution in [3.63, 3.8) is 0 Å². The third-order valence-electron chi connectivity index (χ3n) is 10.7. The predicted molar refractivity (Wildman–Crippen MR) is 229 cm³/mol. The molecule has 0 saturated carbocycles. The Kier molecular flexibility index (Phi) is 7.66. The van der Waals surface area contributed by atoms with Crippen molar-refractivity contribution in [2.45, 2.75) is 20.0 Å². The van der Waals surface area contributed by atoms with Gasteiger partial charge in [0.05, 0.1) is 0 Å². The fourth-order valence-corrected chi connectivity index (χ4v) is 8.26. The number of nitrogens with zero attached hydrogens (tertiary/aromatic N) is 2. The summed E-state index contributed by atoms with van der Waals surface area (Å²) in [6.45, 7) is 4.37. The van der Waals surface area contributed by atoms with Crippen molar-refractivity contribution in [3.05, 3.63) is 204 Å². The van der Waals surface area contributed by atoms with E-state index in [1.54, 1.807) is 0 Å². The second kappa shape index (κ2) is 13.0. The van der Waals surface area contributed by atoms with Gasteiger partial charge in [0.1, 0.15) is 12.0 Å². The van der Waals surface area contributed by atoms with Crippen LogP contribution in [0.5, 0.6) is 0 Å². The van der Waals surface area contributed by atoms with E-state index in [0.29, 0.717) is 5.84 Å². The van der Waals surface area contributed by atoms with E-state index in [4.69, 9.17) is 9.98 Å². The zero-order valence-electron chi connectivity index (χ0n) is 30.2. The van der Waals surface area contributed by atoms with E-state index >= 15 is 0 Å². The van der Waals surface area contributed by atoms with Crippen LogP contribution in [0.2, 0.25) is 0 Å². The minimum absolute atomic E-state index is 0.357. The van der Waals surface area contributed by atoms with Crippen molar-refractivity contribution < 1.29 is 0 Å². The standard InChI is InChI=1S/C51H37N3/c1-32-25-36-15-5-9-21-43(36)47(27-32)38-29-39(48-28-33(2)26-37-16-6-10-22-44(37)48)31-40(30-38)49-52-50(45-23-11-17-34-13-3-7-19-41(34)45)54-51(53-49)46-24-12-18-35-14-4-8-20-42(35)46/h3-31,50H,1-2H3,(H,52,53,54). The lowest BCUT2D eigenvalue weighted by Gasteiger charge is -2.26. The Morgan fingerprint density at radius 2 is 0.870 bits per heavy atom. The number of hydrogen-bond donors (Lipinski definition) is 1. The smallest absolute Gasteiger partial charge is 0.160 e. The number of hydrogen-bond acceptors (Lipinski definition) is 3. The Bertz CT molecular complexity index is 2890. The highest BCUT2D eigenvalue weighted by atomic mass is 15.2. The van der Waals surface area contributed by atoms with Gasteiger partial charge in [0.15, 0.2) is 5.84 Å². The average molecular weight is 692 g/mol. The normalized spacial score (nSPS) is 14.3. The molecule has 0 aromatic heterocycles. The molecule has 1 aliphatic heterocycles. The molecule has 0 amide bonds. The van der Waals surface area contributed by atoms with Crippen LogP contribution in [0.1, 0.15) is 34.0 Å².